The number of fused-ring (bicyclic) bond motifs is 5. The highest BCUT2D eigenvalue weighted by Crippen LogP contribution is 2.64. The van der Waals surface area contributed by atoms with Gasteiger partial charge >= 0.3 is 0 Å². The highest BCUT2D eigenvalue weighted by atomic mass is 19.1. The maximum absolute atomic E-state index is 16.0. The van der Waals surface area contributed by atoms with Crippen molar-refractivity contribution in [2.24, 2.45) is 23.2 Å². The Morgan fingerprint density at radius 1 is 1.10 bits per heavy atom. The largest absolute Gasteiger partial charge is 0.234 e. The van der Waals surface area contributed by atoms with Gasteiger partial charge in [-0.1, -0.05) is 25.5 Å². The van der Waals surface area contributed by atoms with Crippen molar-refractivity contribution >= 4 is 0 Å². The van der Waals surface area contributed by atoms with Crippen molar-refractivity contribution in [3.05, 3.63) is 23.3 Å². The molecule has 0 amide bonds. The van der Waals surface area contributed by atoms with Crippen LogP contribution in [-0.2, 0) is 0 Å². The van der Waals surface area contributed by atoms with Gasteiger partial charge in [-0.2, -0.15) is 0 Å². The number of hydrogen-bond donors (Lipinski definition) is 0. The van der Waals surface area contributed by atoms with Gasteiger partial charge in [0.25, 0.3) is 0 Å². The Morgan fingerprint density at radius 2 is 1.95 bits per heavy atom. The molecule has 0 heterocycles. The fraction of sp³-hybridized carbons (Fsp3) is 0.789. The Hall–Kier alpha value is -0.590. The summed E-state index contributed by atoms with van der Waals surface area (Å²) >= 11 is 0. The highest BCUT2D eigenvalue weighted by molar-refractivity contribution is 5.40. The lowest BCUT2D eigenvalue weighted by atomic mass is 9.51. The first-order valence-electron chi connectivity index (χ1n) is 8.61. The second kappa shape index (κ2) is 4.21. The molecule has 5 atom stereocenters. The summed E-state index contributed by atoms with van der Waals surface area (Å²) in [6.45, 7) is 4.53. The van der Waals surface area contributed by atoms with Gasteiger partial charge in [0.15, 0.2) is 5.67 Å². The number of alkyl halides is 1. The molecular formula is C19H27F. The van der Waals surface area contributed by atoms with Gasteiger partial charge in [-0.25, -0.2) is 4.39 Å². The maximum atomic E-state index is 16.0. The molecule has 4 aliphatic carbocycles. The van der Waals surface area contributed by atoms with Crippen molar-refractivity contribution in [3.8, 4) is 0 Å². The monoisotopic (exact) mass is 274 g/mol. The van der Waals surface area contributed by atoms with Crippen LogP contribution < -0.4 is 0 Å². The van der Waals surface area contributed by atoms with Gasteiger partial charge in [-0.05, 0) is 80.3 Å². The fourth-order valence-electron chi connectivity index (χ4n) is 6.24. The molecule has 0 aromatic rings. The Kier molecular flexibility index (Phi) is 2.76. The molecule has 0 saturated heterocycles. The summed E-state index contributed by atoms with van der Waals surface area (Å²) < 4.78 is 16.0. The van der Waals surface area contributed by atoms with Gasteiger partial charge in [0.05, 0.1) is 0 Å². The van der Waals surface area contributed by atoms with Gasteiger partial charge in [0.1, 0.15) is 0 Å². The third-order valence-electron chi connectivity index (χ3n) is 7.31. The summed E-state index contributed by atoms with van der Waals surface area (Å²) in [5, 5.41) is 0. The average molecular weight is 274 g/mol. The van der Waals surface area contributed by atoms with E-state index in [1.165, 1.54) is 32.1 Å². The molecule has 0 aromatic carbocycles. The lowest BCUT2D eigenvalue weighted by molar-refractivity contribution is -0.0382. The highest BCUT2D eigenvalue weighted by Gasteiger charge is 2.58. The van der Waals surface area contributed by atoms with E-state index < -0.39 is 5.67 Å². The smallest absolute Gasteiger partial charge is 0.155 e. The summed E-state index contributed by atoms with van der Waals surface area (Å²) in [4.78, 5) is 0. The zero-order valence-corrected chi connectivity index (χ0v) is 12.9. The van der Waals surface area contributed by atoms with E-state index in [1.54, 1.807) is 0 Å². The van der Waals surface area contributed by atoms with E-state index in [2.05, 4.69) is 19.1 Å². The lowest BCUT2D eigenvalue weighted by Crippen LogP contribution is -2.52. The Bertz CT molecular complexity index is 488. The van der Waals surface area contributed by atoms with Gasteiger partial charge in [0.2, 0.25) is 0 Å². The van der Waals surface area contributed by atoms with Crippen LogP contribution in [0, 0.1) is 23.2 Å². The number of allylic oxidation sites excluding steroid dienone is 4. The third-order valence-corrected chi connectivity index (χ3v) is 7.31. The van der Waals surface area contributed by atoms with Crippen molar-refractivity contribution in [3.63, 3.8) is 0 Å². The summed E-state index contributed by atoms with van der Waals surface area (Å²) in [6, 6.07) is 0. The van der Waals surface area contributed by atoms with Crippen molar-refractivity contribution in [1.82, 2.24) is 0 Å². The van der Waals surface area contributed by atoms with Crippen LogP contribution in [-0.4, -0.2) is 5.67 Å². The Labute approximate surface area is 122 Å². The molecule has 0 radical (unpaired) electrons. The quantitative estimate of drug-likeness (QED) is 0.504. The summed E-state index contributed by atoms with van der Waals surface area (Å²) in [6.07, 6.45) is 14.0. The van der Waals surface area contributed by atoms with Gasteiger partial charge in [-0.15, -0.1) is 0 Å². The van der Waals surface area contributed by atoms with Crippen LogP contribution in [0.4, 0.5) is 4.39 Å². The lowest BCUT2D eigenvalue weighted by Gasteiger charge is -2.55. The molecule has 0 aliphatic heterocycles. The Morgan fingerprint density at radius 3 is 2.80 bits per heavy atom. The van der Waals surface area contributed by atoms with Crippen LogP contribution in [0.5, 0.6) is 0 Å². The van der Waals surface area contributed by atoms with Crippen molar-refractivity contribution < 1.29 is 4.39 Å². The van der Waals surface area contributed by atoms with E-state index in [0.29, 0.717) is 11.3 Å². The van der Waals surface area contributed by atoms with Crippen molar-refractivity contribution in [1.29, 1.82) is 0 Å². The molecule has 0 aromatic heterocycles. The molecule has 0 nitrogen and oxygen atoms in total. The predicted octanol–water partition coefficient (Wildman–Crippen LogP) is 5.60. The molecule has 110 valence electrons. The number of halogens is 1. The van der Waals surface area contributed by atoms with Gasteiger partial charge in [0, 0.05) is 5.92 Å². The van der Waals surface area contributed by atoms with E-state index in [-0.39, 0.29) is 5.92 Å². The molecule has 0 bridgehead atoms. The number of rotatable bonds is 0. The second-order valence-corrected chi connectivity index (χ2v) is 8.06. The molecule has 4 aliphatic rings. The average Bonchev–Trinajstić information content (AvgIpc) is 2.82. The normalized spacial score (nSPS) is 50.6. The summed E-state index contributed by atoms with van der Waals surface area (Å²) in [5.41, 5.74) is 1.60. The molecule has 0 unspecified atom stereocenters. The topological polar surface area (TPSA) is 0 Å². The second-order valence-electron chi connectivity index (χ2n) is 8.06. The standard InChI is InChI=1S/C19H27F/c1-13-5-3-6-14-8-9-15-16-7-4-11-18(16,2)12-10-17(15)19(13,14)20/h5-6,15-17H,3-4,7-12H2,1-2H3/t15-,16-,17-,18-,19+/m0/s1. The van der Waals surface area contributed by atoms with E-state index >= 15 is 4.39 Å². The SMILES string of the molecule is CC1=CCC=C2CC[C@H]3[C@@H]4CCC[C@@]4(C)CC[C@@H]3[C@@]12F. The van der Waals surface area contributed by atoms with E-state index in [0.717, 1.165) is 36.3 Å². The van der Waals surface area contributed by atoms with Crippen LogP contribution in [0.2, 0.25) is 0 Å². The first-order valence-corrected chi connectivity index (χ1v) is 8.61. The fourth-order valence-corrected chi connectivity index (χ4v) is 6.24. The Balaban J connectivity index is 1.73. The molecule has 1 heteroatoms. The first kappa shape index (κ1) is 13.1. The molecule has 0 spiro atoms. The summed E-state index contributed by atoms with van der Waals surface area (Å²) in [7, 11) is 0. The van der Waals surface area contributed by atoms with Crippen molar-refractivity contribution in [2.75, 3.05) is 0 Å². The molecule has 20 heavy (non-hydrogen) atoms. The van der Waals surface area contributed by atoms with Gasteiger partial charge < -0.3 is 0 Å². The number of hydrogen-bond acceptors (Lipinski definition) is 0. The molecule has 0 N–H and O–H groups in total. The van der Waals surface area contributed by atoms with Crippen LogP contribution in [0.1, 0.15) is 65.2 Å². The predicted molar refractivity (Wildman–Crippen MR) is 81.2 cm³/mol. The minimum atomic E-state index is -1.08. The third kappa shape index (κ3) is 1.53. The zero-order valence-electron chi connectivity index (χ0n) is 12.9. The minimum absolute atomic E-state index is 0.273. The van der Waals surface area contributed by atoms with Crippen LogP contribution in [0.25, 0.3) is 0 Å². The van der Waals surface area contributed by atoms with Crippen LogP contribution in [0.15, 0.2) is 23.3 Å². The van der Waals surface area contributed by atoms with Crippen LogP contribution >= 0.6 is 0 Å². The molecule has 3 saturated carbocycles. The van der Waals surface area contributed by atoms with Crippen LogP contribution in [0.3, 0.4) is 0 Å². The first-order chi connectivity index (χ1) is 9.56. The zero-order chi connectivity index (χ0) is 14.0. The minimum Gasteiger partial charge on any atom is -0.234 e. The van der Waals surface area contributed by atoms with Gasteiger partial charge in [-0.3, -0.25) is 0 Å². The van der Waals surface area contributed by atoms with Crippen molar-refractivity contribution in [2.45, 2.75) is 70.9 Å². The molecule has 3 fully saturated rings. The van der Waals surface area contributed by atoms with E-state index in [4.69, 9.17) is 0 Å². The summed E-state index contributed by atoms with van der Waals surface area (Å²) in [5.74, 6) is 1.71. The van der Waals surface area contributed by atoms with E-state index in [9.17, 15) is 0 Å². The van der Waals surface area contributed by atoms with E-state index in [1.807, 2.05) is 6.92 Å². The maximum Gasteiger partial charge on any atom is 0.155 e. The molecular weight excluding hydrogens is 247 g/mol. The molecule has 4 rings (SSSR count).